The fourth-order valence-corrected chi connectivity index (χ4v) is 1.72. The number of carbonyl (C=O) groups excluding carboxylic acids is 1. The maximum atomic E-state index is 11.9. The highest BCUT2D eigenvalue weighted by Gasteiger charge is 2.12. The number of rotatable bonds is 4. The number of benzene rings is 1. The van der Waals surface area contributed by atoms with Gasteiger partial charge >= 0.3 is 0 Å². The van der Waals surface area contributed by atoms with Crippen molar-refractivity contribution in [2.45, 2.75) is 19.4 Å². The zero-order valence-corrected chi connectivity index (χ0v) is 11.1. The SMILES string of the molecule is CC(O)CCN(C)C(=O)c1cccc(Br)c1. The number of aliphatic hydroxyl groups is 1. The van der Waals surface area contributed by atoms with Crippen LogP contribution >= 0.6 is 15.9 Å². The van der Waals surface area contributed by atoms with Gasteiger partial charge in [0, 0.05) is 23.6 Å². The lowest BCUT2D eigenvalue weighted by atomic mass is 10.2. The summed E-state index contributed by atoms with van der Waals surface area (Å²) in [5, 5.41) is 9.15. The van der Waals surface area contributed by atoms with Gasteiger partial charge in [0.05, 0.1) is 6.10 Å². The van der Waals surface area contributed by atoms with Crippen LogP contribution in [0, 0.1) is 0 Å². The molecule has 3 nitrogen and oxygen atoms in total. The first-order valence-electron chi connectivity index (χ1n) is 5.20. The molecule has 16 heavy (non-hydrogen) atoms. The molecule has 4 heteroatoms. The van der Waals surface area contributed by atoms with Gasteiger partial charge in [-0.05, 0) is 31.5 Å². The number of aliphatic hydroxyl groups excluding tert-OH is 1. The summed E-state index contributed by atoms with van der Waals surface area (Å²) in [6, 6.07) is 7.29. The summed E-state index contributed by atoms with van der Waals surface area (Å²) in [6.45, 7) is 2.28. The van der Waals surface area contributed by atoms with E-state index in [1.165, 1.54) is 0 Å². The molecule has 1 amide bonds. The summed E-state index contributed by atoms with van der Waals surface area (Å²) < 4.78 is 0.891. The van der Waals surface area contributed by atoms with Crippen LogP contribution in [-0.4, -0.2) is 35.6 Å². The Kier molecular flexibility index (Phi) is 4.96. The van der Waals surface area contributed by atoms with Crippen LogP contribution in [0.2, 0.25) is 0 Å². The van der Waals surface area contributed by atoms with E-state index in [2.05, 4.69) is 15.9 Å². The van der Waals surface area contributed by atoms with Gasteiger partial charge in [-0.1, -0.05) is 22.0 Å². The minimum atomic E-state index is -0.377. The van der Waals surface area contributed by atoms with Crippen molar-refractivity contribution in [3.8, 4) is 0 Å². The number of amides is 1. The molecule has 1 N–H and O–H groups in total. The van der Waals surface area contributed by atoms with E-state index < -0.39 is 0 Å². The first-order valence-corrected chi connectivity index (χ1v) is 5.99. The Balaban J connectivity index is 2.63. The zero-order chi connectivity index (χ0) is 12.1. The van der Waals surface area contributed by atoms with Crippen LogP contribution in [0.1, 0.15) is 23.7 Å². The quantitative estimate of drug-likeness (QED) is 0.922. The number of hydrogen-bond acceptors (Lipinski definition) is 2. The van der Waals surface area contributed by atoms with Gasteiger partial charge in [0.15, 0.2) is 0 Å². The van der Waals surface area contributed by atoms with Gasteiger partial charge in [-0.3, -0.25) is 4.79 Å². The zero-order valence-electron chi connectivity index (χ0n) is 9.48. The van der Waals surface area contributed by atoms with E-state index in [0.29, 0.717) is 18.5 Å². The smallest absolute Gasteiger partial charge is 0.253 e. The van der Waals surface area contributed by atoms with Crippen LogP contribution in [-0.2, 0) is 0 Å². The van der Waals surface area contributed by atoms with Crippen LogP contribution in [0.3, 0.4) is 0 Å². The van der Waals surface area contributed by atoms with Gasteiger partial charge in [0.2, 0.25) is 0 Å². The van der Waals surface area contributed by atoms with Gasteiger partial charge in [-0.15, -0.1) is 0 Å². The molecule has 0 heterocycles. The maximum absolute atomic E-state index is 11.9. The van der Waals surface area contributed by atoms with Crippen LogP contribution in [0.4, 0.5) is 0 Å². The first kappa shape index (κ1) is 13.2. The molecule has 0 aliphatic carbocycles. The molecule has 0 aliphatic heterocycles. The van der Waals surface area contributed by atoms with Crippen LogP contribution in [0.5, 0.6) is 0 Å². The van der Waals surface area contributed by atoms with E-state index in [4.69, 9.17) is 5.11 Å². The van der Waals surface area contributed by atoms with Crippen molar-refractivity contribution >= 4 is 21.8 Å². The highest BCUT2D eigenvalue weighted by molar-refractivity contribution is 9.10. The Labute approximate surface area is 104 Å². The summed E-state index contributed by atoms with van der Waals surface area (Å²) >= 11 is 3.33. The molecular formula is C12H16BrNO2. The highest BCUT2D eigenvalue weighted by Crippen LogP contribution is 2.13. The van der Waals surface area contributed by atoms with Crippen molar-refractivity contribution in [2.75, 3.05) is 13.6 Å². The maximum Gasteiger partial charge on any atom is 0.253 e. The topological polar surface area (TPSA) is 40.5 Å². The highest BCUT2D eigenvalue weighted by atomic mass is 79.9. The number of hydrogen-bond donors (Lipinski definition) is 1. The molecule has 1 aromatic carbocycles. The first-order chi connectivity index (χ1) is 7.50. The van der Waals surface area contributed by atoms with Crippen molar-refractivity contribution in [2.24, 2.45) is 0 Å². The lowest BCUT2D eigenvalue weighted by molar-refractivity contribution is 0.0769. The Morgan fingerprint density at radius 1 is 1.56 bits per heavy atom. The minimum absolute atomic E-state index is 0.0260. The Morgan fingerprint density at radius 2 is 2.25 bits per heavy atom. The Hall–Kier alpha value is -0.870. The lowest BCUT2D eigenvalue weighted by Crippen LogP contribution is -2.29. The average molecular weight is 286 g/mol. The standard InChI is InChI=1S/C12H16BrNO2/c1-9(15)6-7-14(2)12(16)10-4-3-5-11(13)8-10/h3-5,8-9,15H,6-7H2,1-2H3. The minimum Gasteiger partial charge on any atom is -0.393 e. The molecule has 1 atom stereocenters. The molecule has 0 saturated carbocycles. The molecule has 0 fully saturated rings. The van der Waals surface area contributed by atoms with E-state index in [9.17, 15) is 4.79 Å². The molecule has 1 unspecified atom stereocenters. The molecule has 1 aromatic rings. The summed E-state index contributed by atoms with van der Waals surface area (Å²) in [6.07, 6.45) is 0.216. The van der Waals surface area contributed by atoms with Gasteiger partial charge in [-0.2, -0.15) is 0 Å². The summed E-state index contributed by atoms with van der Waals surface area (Å²) in [5.41, 5.74) is 0.655. The third kappa shape index (κ3) is 3.94. The lowest BCUT2D eigenvalue weighted by Gasteiger charge is -2.18. The van der Waals surface area contributed by atoms with Crippen molar-refractivity contribution in [1.82, 2.24) is 4.90 Å². The molecule has 0 radical (unpaired) electrons. The molecule has 1 rings (SSSR count). The third-order valence-electron chi connectivity index (χ3n) is 2.30. The predicted octanol–water partition coefficient (Wildman–Crippen LogP) is 2.29. The molecular weight excluding hydrogens is 270 g/mol. The number of carbonyl (C=O) groups is 1. The van der Waals surface area contributed by atoms with Gasteiger partial charge in [0.1, 0.15) is 0 Å². The second-order valence-electron chi connectivity index (χ2n) is 3.87. The van der Waals surface area contributed by atoms with E-state index in [1.807, 2.05) is 12.1 Å². The van der Waals surface area contributed by atoms with Crippen molar-refractivity contribution < 1.29 is 9.90 Å². The molecule has 0 spiro atoms. The summed E-state index contributed by atoms with van der Waals surface area (Å²) in [5.74, 6) is -0.0260. The van der Waals surface area contributed by atoms with Gasteiger partial charge in [0.25, 0.3) is 5.91 Å². The second-order valence-corrected chi connectivity index (χ2v) is 4.79. The van der Waals surface area contributed by atoms with E-state index >= 15 is 0 Å². The predicted molar refractivity (Wildman–Crippen MR) is 67.4 cm³/mol. The number of halogens is 1. The van der Waals surface area contributed by atoms with Gasteiger partial charge in [-0.25, -0.2) is 0 Å². The molecule has 0 aliphatic rings. The molecule has 0 bridgehead atoms. The van der Waals surface area contributed by atoms with E-state index in [1.54, 1.807) is 31.0 Å². The Morgan fingerprint density at radius 3 is 2.81 bits per heavy atom. The second kappa shape index (κ2) is 6.01. The molecule has 0 saturated heterocycles. The normalized spacial score (nSPS) is 12.2. The Bertz CT molecular complexity index is 366. The molecule has 88 valence electrons. The fraction of sp³-hybridized carbons (Fsp3) is 0.417. The third-order valence-corrected chi connectivity index (χ3v) is 2.79. The number of nitrogens with zero attached hydrogens (tertiary/aromatic N) is 1. The van der Waals surface area contributed by atoms with E-state index in [0.717, 1.165) is 4.47 Å². The average Bonchev–Trinajstić information content (AvgIpc) is 2.24. The largest absolute Gasteiger partial charge is 0.393 e. The molecule has 0 aromatic heterocycles. The summed E-state index contributed by atoms with van der Waals surface area (Å²) in [7, 11) is 1.74. The van der Waals surface area contributed by atoms with Crippen LogP contribution in [0.15, 0.2) is 28.7 Å². The van der Waals surface area contributed by atoms with Crippen molar-refractivity contribution in [3.05, 3.63) is 34.3 Å². The fourth-order valence-electron chi connectivity index (χ4n) is 1.32. The van der Waals surface area contributed by atoms with Crippen molar-refractivity contribution in [3.63, 3.8) is 0 Å². The monoisotopic (exact) mass is 285 g/mol. The van der Waals surface area contributed by atoms with Crippen LogP contribution in [0.25, 0.3) is 0 Å². The summed E-state index contributed by atoms with van der Waals surface area (Å²) in [4.78, 5) is 13.6. The van der Waals surface area contributed by atoms with Gasteiger partial charge < -0.3 is 10.0 Å². The van der Waals surface area contributed by atoms with E-state index in [-0.39, 0.29) is 12.0 Å². The van der Waals surface area contributed by atoms with Crippen LogP contribution < -0.4 is 0 Å². The van der Waals surface area contributed by atoms with Crippen molar-refractivity contribution in [1.29, 1.82) is 0 Å².